The van der Waals surface area contributed by atoms with E-state index in [-0.39, 0.29) is 0 Å². The van der Waals surface area contributed by atoms with Crippen LogP contribution in [-0.2, 0) is 0 Å². The second-order valence-corrected chi connectivity index (χ2v) is 4.78. The van der Waals surface area contributed by atoms with Gasteiger partial charge in [0.05, 0.1) is 0 Å². The first-order valence-electron chi connectivity index (χ1n) is 5.69. The quantitative estimate of drug-likeness (QED) is 0.422. The summed E-state index contributed by atoms with van der Waals surface area (Å²) >= 11 is 0. The van der Waals surface area contributed by atoms with Gasteiger partial charge in [0.15, 0.2) is 0 Å². The van der Waals surface area contributed by atoms with Crippen molar-refractivity contribution in [1.82, 2.24) is 0 Å². The summed E-state index contributed by atoms with van der Waals surface area (Å²) in [5.74, 6) is -57.8. The molecule has 0 saturated heterocycles. The van der Waals surface area contributed by atoms with Crippen LogP contribution in [0.4, 0.5) is 74.6 Å². The van der Waals surface area contributed by atoms with Crippen molar-refractivity contribution < 1.29 is 79.7 Å². The first kappa shape index (κ1) is 26.3. The summed E-state index contributed by atoms with van der Waals surface area (Å²) in [6.45, 7) is 0. The van der Waals surface area contributed by atoms with E-state index in [0.717, 1.165) is 0 Å². The number of hydrogen-bond acceptors (Lipinski definition) is 1. The van der Waals surface area contributed by atoms with Crippen LogP contribution in [0.15, 0.2) is 0 Å². The Bertz CT molecular complexity index is 645. The maximum atomic E-state index is 13.1. The Kier molecular flexibility index (Phi) is 6.04. The van der Waals surface area contributed by atoms with Crippen LogP contribution in [0.2, 0.25) is 0 Å². The van der Waals surface area contributed by atoms with Crippen LogP contribution in [0.25, 0.3) is 0 Å². The van der Waals surface area contributed by atoms with E-state index in [1.165, 1.54) is 0 Å². The minimum absolute atomic E-state index is 0.695. The molecule has 1 N–H and O–H groups in total. The third-order valence-corrected chi connectivity index (χ3v) is 2.95. The molecule has 0 bridgehead atoms. The van der Waals surface area contributed by atoms with Gasteiger partial charge in [-0.3, -0.25) is 0 Å². The van der Waals surface area contributed by atoms with Gasteiger partial charge in [-0.2, -0.15) is 70.2 Å². The van der Waals surface area contributed by atoms with Crippen molar-refractivity contribution in [3.63, 3.8) is 0 Å². The molecular weight excluding hydrogens is 459 g/mol. The Morgan fingerprint density at radius 1 is 0.429 bits per heavy atom. The standard InChI is InChI=1S/C10HF17O/c11-2-1-3(12,13)4(14,15)5(16,17)6(18,19)7(20,21)8(22,23)9(24,25)10(26,27)28/h28H. The Balaban J connectivity index is 6.75. The van der Waals surface area contributed by atoms with Crippen molar-refractivity contribution in [1.29, 1.82) is 0 Å². The van der Waals surface area contributed by atoms with Crippen LogP contribution >= 0.6 is 0 Å². The summed E-state index contributed by atoms with van der Waals surface area (Å²) in [6.07, 6.45) is -8.00. The average molecular weight is 460 g/mol. The van der Waals surface area contributed by atoms with Crippen LogP contribution in [0, 0.1) is 12.1 Å². The summed E-state index contributed by atoms with van der Waals surface area (Å²) in [6, 6.07) is 0. The van der Waals surface area contributed by atoms with Crippen LogP contribution in [0.5, 0.6) is 0 Å². The van der Waals surface area contributed by atoms with Gasteiger partial charge < -0.3 is 5.11 Å². The fourth-order valence-corrected chi connectivity index (χ4v) is 1.31. The first-order valence-corrected chi connectivity index (χ1v) is 5.69. The molecule has 0 aromatic heterocycles. The predicted octanol–water partition coefficient (Wildman–Crippen LogP) is 4.95. The Morgan fingerprint density at radius 2 is 0.679 bits per heavy atom. The molecule has 0 amide bonds. The van der Waals surface area contributed by atoms with E-state index in [1.807, 2.05) is 0 Å². The maximum Gasteiger partial charge on any atom is 0.423 e. The van der Waals surface area contributed by atoms with Crippen LogP contribution in [0.3, 0.4) is 0 Å². The van der Waals surface area contributed by atoms with Crippen molar-refractivity contribution in [2.75, 3.05) is 0 Å². The maximum absolute atomic E-state index is 13.1. The lowest BCUT2D eigenvalue weighted by atomic mass is 9.89. The number of alkyl halides is 16. The number of aliphatic hydroxyl groups is 1. The van der Waals surface area contributed by atoms with Gasteiger partial charge in [0.1, 0.15) is 6.17 Å². The zero-order valence-electron chi connectivity index (χ0n) is 11.9. The SMILES string of the molecule is OC(F)(F)C(F)(F)C(F)(F)C(F)(F)C(F)(F)C(F)(F)C(F)(F)C(F)(F)C#CF. The molecular formula is C10HF17O. The molecule has 18 heteroatoms. The van der Waals surface area contributed by atoms with Gasteiger partial charge in [-0.25, -0.2) is 0 Å². The highest BCUT2D eigenvalue weighted by atomic mass is 19.4. The van der Waals surface area contributed by atoms with Crippen molar-refractivity contribution in [2.45, 2.75) is 47.6 Å². The lowest BCUT2D eigenvalue weighted by Crippen LogP contribution is -2.74. The molecule has 0 heterocycles. The average Bonchev–Trinajstić information content (AvgIpc) is 2.44. The highest BCUT2D eigenvalue weighted by Crippen LogP contribution is 2.63. The Hall–Kier alpha value is -1.67. The third-order valence-electron chi connectivity index (χ3n) is 2.95. The number of hydrogen-bond donors (Lipinski definition) is 1. The van der Waals surface area contributed by atoms with Crippen LogP contribution in [0.1, 0.15) is 0 Å². The highest BCUT2D eigenvalue weighted by Gasteiger charge is 2.95. The van der Waals surface area contributed by atoms with Crippen LogP contribution in [-0.4, -0.2) is 52.7 Å². The lowest BCUT2D eigenvalue weighted by molar-refractivity contribution is -0.467. The van der Waals surface area contributed by atoms with Crippen molar-refractivity contribution in [3.05, 3.63) is 0 Å². The second-order valence-electron chi connectivity index (χ2n) is 4.78. The van der Waals surface area contributed by atoms with Gasteiger partial charge in [-0.15, -0.1) is 4.39 Å². The molecule has 166 valence electrons. The van der Waals surface area contributed by atoms with E-state index >= 15 is 0 Å². The first-order chi connectivity index (χ1) is 11.8. The second kappa shape index (κ2) is 6.42. The molecule has 0 aliphatic rings. The molecule has 0 saturated carbocycles. The minimum Gasteiger partial charge on any atom is -0.331 e. The van der Waals surface area contributed by atoms with Crippen molar-refractivity contribution >= 4 is 0 Å². The topological polar surface area (TPSA) is 20.2 Å². The van der Waals surface area contributed by atoms with Gasteiger partial charge in [0, 0.05) is 5.92 Å². The number of rotatable bonds is 7. The van der Waals surface area contributed by atoms with E-state index in [2.05, 4.69) is 0 Å². The fourth-order valence-electron chi connectivity index (χ4n) is 1.31. The van der Waals surface area contributed by atoms with Crippen molar-refractivity contribution in [2.24, 2.45) is 0 Å². The van der Waals surface area contributed by atoms with Crippen molar-refractivity contribution in [3.8, 4) is 12.1 Å². The molecule has 0 aliphatic heterocycles. The zero-order valence-corrected chi connectivity index (χ0v) is 11.9. The van der Waals surface area contributed by atoms with E-state index in [1.54, 1.807) is 0 Å². The zero-order chi connectivity index (χ0) is 23.4. The monoisotopic (exact) mass is 460 g/mol. The third kappa shape index (κ3) is 3.10. The molecule has 0 fully saturated rings. The fraction of sp³-hybridized carbons (Fsp3) is 0.800. The van der Waals surface area contributed by atoms with Gasteiger partial charge in [0.25, 0.3) is 0 Å². The van der Waals surface area contributed by atoms with Gasteiger partial charge in [-0.05, 0) is 0 Å². The summed E-state index contributed by atoms with van der Waals surface area (Å²) in [5.41, 5.74) is 0. The molecule has 0 radical (unpaired) electrons. The molecule has 0 aliphatic carbocycles. The van der Waals surface area contributed by atoms with Gasteiger partial charge in [-0.1, -0.05) is 0 Å². The summed E-state index contributed by atoms with van der Waals surface area (Å²) in [4.78, 5) is 0. The lowest BCUT2D eigenvalue weighted by Gasteiger charge is -2.42. The van der Waals surface area contributed by atoms with E-state index in [4.69, 9.17) is 5.11 Å². The normalized spacial score (nSPS) is 15.9. The molecule has 0 aromatic rings. The highest BCUT2D eigenvalue weighted by molar-refractivity contribution is 5.20. The molecule has 0 unspecified atom stereocenters. The van der Waals surface area contributed by atoms with E-state index < -0.39 is 59.7 Å². The predicted molar refractivity (Wildman–Crippen MR) is 50.7 cm³/mol. The van der Waals surface area contributed by atoms with Crippen LogP contribution < -0.4 is 0 Å². The largest absolute Gasteiger partial charge is 0.423 e. The number of halogens is 17. The minimum atomic E-state index is -8.62. The van der Waals surface area contributed by atoms with Gasteiger partial charge >= 0.3 is 47.6 Å². The Labute approximate surface area is 141 Å². The molecule has 0 spiro atoms. The molecule has 0 atom stereocenters. The molecule has 0 rings (SSSR count). The van der Waals surface area contributed by atoms with E-state index in [0.29, 0.717) is 0 Å². The summed E-state index contributed by atoms with van der Waals surface area (Å²) < 4.78 is 215. The molecule has 28 heavy (non-hydrogen) atoms. The molecule has 0 aromatic carbocycles. The van der Waals surface area contributed by atoms with Gasteiger partial charge in [0.2, 0.25) is 0 Å². The molecule has 1 nitrogen and oxygen atoms in total. The smallest absolute Gasteiger partial charge is 0.331 e. The summed E-state index contributed by atoms with van der Waals surface area (Å²) in [5, 5.41) is 7.41. The Morgan fingerprint density at radius 3 is 0.929 bits per heavy atom. The summed E-state index contributed by atoms with van der Waals surface area (Å²) in [7, 11) is 0. The van der Waals surface area contributed by atoms with E-state index in [9.17, 15) is 74.6 Å².